The molecular formula is C7H12N4OS2. The minimum absolute atomic E-state index is 0.0825. The molecule has 1 N–H and O–H groups in total. The van der Waals surface area contributed by atoms with Gasteiger partial charge >= 0.3 is 0 Å². The first-order chi connectivity index (χ1) is 6.63. The number of likely N-dealkylation sites (N-methyl/N-ethyl adjacent to an activating group) is 1. The fraction of sp³-hybridized carbons (Fsp3) is 0.571. The molecule has 0 saturated carbocycles. The van der Waals surface area contributed by atoms with Crippen LogP contribution in [-0.4, -0.2) is 42.9 Å². The van der Waals surface area contributed by atoms with Crippen LogP contribution in [0.1, 0.15) is 5.69 Å². The average Bonchev–Trinajstić information content (AvgIpc) is 2.61. The lowest BCUT2D eigenvalue weighted by atomic mass is 10.5. The summed E-state index contributed by atoms with van der Waals surface area (Å²) in [5.41, 5.74) is 0.570. The highest BCUT2D eigenvalue weighted by Crippen LogP contribution is 1.95. The van der Waals surface area contributed by atoms with Crippen LogP contribution < -0.4 is 0 Å². The van der Waals surface area contributed by atoms with Crippen LogP contribution in [0.15, 0.2) is 6.20 Å². The van der Waals surface area contributed by atoms with Crippen molar-refractivity contribution in [2.45, 2.75) is 13.2 Å². The van der Waals surface area contributed by atoms with E-state index in [0.29, 0.717) is 16.6 Å². The first kappa shape index (κ1) is 11.4. The summed E-state index contributed by atoms with van der Waals surface area (Å²) in [6, 6.07) is 0. The Kier molecular flexibility index (Phi) is 4.30. The molecule has 1 aromatic heterocycles. The molecule has 5 nitrogen and oxygen atoms in total. The molecule has 78 valence electrons. The normalized spacial score (nSPS) is 10.2. The Balaban J connectivity index is 2.41. The molecule has 0 spiro atoms. The van der Waals surface area contributed by atoms with E-state index in [1.165, 1.54) is 0 Å². The summed E-state index contributed by atoms with van der Waals surface area (Å²) < 4.78 is 2.21. The van der Waals surface area contributed by atoms with Crippen LogP contribution in [0.3, 0.4) is 0 Å². The molecule has 1 rings (SSSR count). The van der Waals surface area contributed by atoms with Gasteiger partial charge in [-0.05, 0) is 0 Å². The molecule has 14 heavy (non-hydrogen) atoms. The van der Waals surface area contributed by atoms with Crippen LogP contribution >= 0.6 is 24.8 Å². The van der Waals surface area contributed by atoms with Gasteiger partial charge in [-0.2, -0.15) is 0 Å². The molecule has 0 amide bonds. The molecule has 1 heterocycles. The van der Waals surface area contributed by atoms with E-state index >= 15 is 0 Å². The Morgan fingerprint density at radius 3 is 3.00 bits per heavy atom. The Morgan fingerprint density at radius 1 is 1.79 bits per heavy atom. The molecule has 0 saturated heterocycles. The van der Waals surface area contributed by atoms with E-state index in [0.717, 1.165) is 6.54 Å². The third kappa shape index (κ3) is 3.24. The summed E-state index contributed by atoms with van der Waals surface area (Å²) in [4.78, 5) is 1.83. The molecular weight excluding hydrogens is 220 g/mol. The number of nitrogens with zero attached hydrogens (tertiary/aromatic N) is 4. The van der Waals surface area contributed by atoms with E-state index in [4.69, 9.17) is 17.3 Å². The predicted octanol–water partition coefficient (Wildman–Crippen LogP) is -0.0831. The molecule has 0 aliphatic heterocycles. The summed E-state index contributed by atoms with van der Waals surface area (Å²) >= 11 is 8.90. The summed E-state index contributed by atoms with van der Waals surface area (Å²) in [7, 11) is 1.86. The Bertz CT molecular complexity index is 314. The minimum atomic E-state index is -0.0825. The summed E-state index contributed by atoms with van der Waals surface area (Å²) in [6.07, 6.45) is 1.70. The highest BCUT2D eigenvalue weighted by Gasteiger charge is 2.02. The van der Waals surface area contributed by atoms with Gasteiger partial charge in [-0.1, -0.05) is 17.4 Å². The molecule has 0 fully saturated rings. The standard InChI is InChI=1S/C7H12N4OS2/c1-10(7(13)14)2-3-11-4-6(5-12)8-9-11/h4,12H,2-3,5H2,1H3,(H,13,14). The summed E-state index contributed by atoms with van der Waals surface area (Å²) in [6.45, 7) is 1.31. The van der Waals surface area contributed by atoms with Gasteiger partial charge in [-0.15, -0.1) is 17.7 Å². The van der Waals surface area contributed by atoms with Crippen LogP contribution in [0.5, 0.6) is 0 Å². The fourth-order valence-corrected chi connectivity index (χ4v) is 1.06. The monoisotopic (exact) mass is 232 g/mol. The molecule has 7 heteroatoms. The number of rotatable bonds is 4. The van der Waals surface area contributed by atoms with Crippen LogP contribution in [-0.2, 0) is 13.2 Å². The van der Waals surface area contributed by atoms with Crippen LogP contribution in [0, 0.1) is 0 Å². The number of aromatic nitrogens is 3. The predicted molar refractivity (Wildman–Crippen MR) is 60.2 cm³/mol. The Labute approximate surface area is 93.1 Å². The van der Waals surface area contributed by atoms with E-state index < -0.39 is 0 Å². The zero-order valence-electron chi connectivity index (χ0n) is 7.79. The number of hydrogen-bond donors (Lipinski definition) is 2. The SMILES string of the molecule is CN(CCn1cc(CO)nn1)C(=S)S. The second-order valence-corrected chi connectivity index (χ2v) is 3.95. The smallest absolute Gasteiger partial charge is 0.133 e. The Hall–Kier alpha value is -0.660. The van der Waals surface area contributed by atoms with Gasteiger partial charge in [-0.3, -0.25) is 4.68 Å². The molecule has 0 aliphatic rings. The van der Waals surface area contributed by atoms with E-state index in [2.05, 4.69) is 22.9 Å². The number of thiol groups is 1. The van der Waals surface area contributed by atoms with Gasteiger partial charge in [-0.25, -0.2) is 0 Å². The second kappa shape index (κ2) is 5.28. The highest BCUT2D eigenvalue weighted by atomic mass is 32.1. The van der Waals surface area contributed by atoms with E-state index in [-0.39, 0.29) is 6.61 Å². The zero-order valence-corrected chi connectivity index (χ0v) is 9.50. The number of aliphatic hydroxyl groups excluding tert-OH is 1. The number of aliphatic hydroxyl groups is 1. The lowest BCUT2D eigenvalue weighted by molar-refractivity contribution is 0.276. The molecule has 0 bridgehead atoms. The molecule has 0 atom stereocenters. The van der Waals surface area contributed by atoms with Gasteiger partial charge in [0.2, 0.25) is 0 Å². The number of hydrogen-bond acceptors (Lipinski definition) is 4. The first-order valence-corrected chi connectivity index (χ1v) is 4.93. The topological polar surface area (TPSA) is 54.2 Å². The van der Waals surface area contributed by atoms with Crippen LogP contribution in [0.2, 0.25) is 0 Å². The van der Waals surface area contributed by atoms with Crippen molar-refractivity contribution in [1.82, 2.24) is 19.9 Å². The third-order valence-electron chi connectivity index (χ3n) is 1.74. The fourth-order valence-electron chi connectivity index (χ4n) is 0.868. The molecule has 0 radical (unpaired) electrons. The summed E-state index contributed by atoms with van der Waals surface area (Å²) in [5.74, 6) is 0. The third-order valence-corrected chi connectivity index (χ3v) is 2.39. The van der Waals surface area contributed by atoms with Crippen molar-refractivity contribution < 1.29 is 5.11 Å². The second-order valence-electron chi connectivity index (χ2n) is 2.84. The van der Waals surface area contributed by atoms with Crippen molar-refractivity contribution in [1.29, 1.82) is 0 Å². The van der Waals surface area contributed by atoms with Gasteiger partial charge in [0.05, 0.1) is 19.3 Å². The minimum Gasteiger partial charge on any atom is -0.390 e. The van der Waals surface area contributed by atoms with Crippen molar-refractivity contribution in [3.63, 3.8) is 0 Å². The van der Waals surface area contributed by atoms with Gasteiger partial charge in [0.15, 0.2) is 0 Å². The largest absolute Gasteiger partial charge is 0.390 e. The van der Waals surface area contributed by atoms with Gasteiger partial charge in [0, 0.05) is 13.6 Å². The molecule has 0 aliphatic carbocycles. The van der Waals surface area contributed by atoms with Crippen LogP contribution in [0.4, 0.5) is 0 Å². The maximum atomic E-state index is 8.76. The maximum absolute atomic E-state index is 8.76. The van der Waals surface area contributed by atoms with E-state index in [1.807, 2.05) is 11.9 Å². The van der Waals surface area contributed by atoms with Gasteiger partial charge in [0.1, 0.15) is 10.0 Å². The molecule has 0 aromatic carbocycles. The highest BCUT2D eigenvalue weighted by molar-refractivity contribution is 8.10. The van der Waals surface area contributed by atoms with Crippen molar-refractivity contribution in [2.75, 3.05) is 13.6 Å². The van der Waals surface area contributed by atoms with Crippen molar-refractivity contribution in [3.05, 3.63) is 11.9 Å². The van der Waals surface area contributed by atoms with E-state index in [9.17, 15) is 0 Å². The van der Waals surface area contributed by atoms with Gasteiger partial charge < -0.3 is 10.0 Å². The molecule has 1 aromatic rings. The van der Waals surface area contributed by atoms with Crippen molar-refractivity contribution >= 4 is 29.2 Å². The average molecular weight is 232 g/mol. The lowest BCUT2D eigenvalue weighted by Gasteiger charge is -2.15. The quantitative estimate of drug-likeness (QED) is 0.561. The van der Waals surface area contributed by atoms with Crippen LogP contribution in [0.25, 0.3) is 0 Å². The Morgan fingerprint density at radius 2 is 2.50 bits per heavy atom. The van der Waals surface area contributed by atoms with E-state index in [1.54, 1.807) is 10.9 Å². The van der Waals surface area contributed by atoms with Crippen molar-refractivity contribution in [2.24, 2.45) is 0 Å². The van der Waals surface area contributed by atoms with Crippen molar-refractivity contribution in [3.8, 4) is 0 Å². The summed E-state index contributed by atoms with van der Waals surface area (Å²) in [5, 5.41) is 16.3. The molecule has 0 unspecified atom stereocenters. The first-order valence-electron chi connectivity index (χ1n) is 4.07. The number of thiocarbonyl (C=S) groups is 1. The maximum Gasteiger partial charge on any atom is 0.133 e. The van der Waals surface area contributed by atoms with Gasteiger partial charge in [0.25, 0.3) is 0 Å². The lowest BCUT2D eigenvalue weighted by Crippen LogP contribution is -2.25. The zero-order chi connectivity index (χ0) is 10.6.